The van der Waals surface area contributed by atoms with E-state index in [2.05, 4.69) is 42.1 Å². The van der Waals surface area contributed by atoms with Gasteiger partial charge in [-0.3, -0.25) is 18.0 Å². The number of allylic oxidation sites excluding steroid dienone is 2. The number of fused-ring (bicyclic) bond motifs is 4. The smallest absolute Gasteiger partial charge is 0.726 e. The number of methoxy groups -OCH3 is 1. The van der Waals surface area contributed by atoms with Gasteiger partial charge in [-0.1, -0.05) is 53.2 Å². The van der Waals surface area contributed by atoms with Crippen LogP contribution in [0.3, 0.4) is 0 Å². The molecule has 86 heavy (non-hydrogen) atoms. The van der Waals surface area contributed by atoms with Gasteiger partial charge in [-0.25, -0.2) is 16.8 Å². The fraction of sp³-hybridized carbons (Fsp3) is 0.926. The molecule has 3 saturated carbocycles. The quantitative estimate of drug-likeness (QED) is 0.0196. The number of carbonyl (C=O) groups excluding carboxylic acids is 2. The summed E-state index contributed by atoms with van der Waals surface area (Å²) >= 11 is 0. The number of hydrogen-bond donors (Lipinski definition) is 8. The largest absolute Gasteiger partial charge is 1.00 e. The minimum atomic E-state index is -5.46. The van der Waals surface area contributed by atoms with Gasteiger partial charge in [0.15, 0.2) is 25.2 Å². The topological polar surface area (TPSA) is 421 Å². The molecule has 0 aromatic carbocycles. The molecule has 8 fully saturated rings. The third-order valence-corrected chi connectivity index (χ3v) is 21.4. The Hall–Kier alpha value is -0.0600. The molecule has 0 unspecified atom stereocenters. The van der Waals surface area contributed by atoms with Gasteiger partial charge in [0.05, 0.1) is 37.4 Å². The molecule has 0 radical (unpaired) electrons. The van der Waals surface area contributed by atoms with E-state index in [1.165, 1.54) is 12.5 Å². The number of hydrogen-bond acceptors (Lipinski definition) is 28. The monoisotopic (exact) mass is 1290 g/mol. The number of ketones is 1. The van der Waals surface area contributed by atoms with Crippen LogP contribution in [0.4, 0.5) is 0 Å². The molecule has 5 saturated heterocycles. The number of esters is 1. The van der Waals surface area contributed by atoms with Gasteiger partial charge < -0.3 is 97.3 Å². The molecule has 8 N–H and O–H groups in total. The van der Waals surface area contributed by atoms with E-state index in [0.717, 1.165) is 26.4 Å². The summed E-state index contributed by atoms with van der Waals surface area (Å²) < 4.78 is 138. The van der Waals surface area contributed by atoms with E-state index in [1.54, 1.807) is 0 Å². The summed E-state index contributed by atoms with van der Waals surface area (Å²) in [5.41, 5.74) is -1.86. The minimum Gasteiger partial charge on any atom is -0.726 e. The number of rotatable bonds is 19. The Balaban J connectivity index is 0.00000529. The molecule has 28 nitrogen and oxygen atoms in total. The van der Waals surface area contributed by atoms with Crippen molar-refractivity contribution in [1.29, 1.82) is 0 Å². The summed E-state index contributed by atoms with van der Waals surface area (Å²) in [6.07, 6.45) is -28.0. The fourth-order valence-corrected chi connectivity index (χ4v) is 17.3. The number of ether oxygens (including phenoxy) is 10. The summed E-state index contributed by atoms with van der Waals surface area (Å²) in [6.45, 7) is 13.2. The summed E-state index contributed by atoms with van der Waals surface area (Å²) in [5.74, 6) is -0.00889. The van der Waals surface area contributed by atoms with Gasteiger partial charge in [0, 0.05) is 31.3 Å². The zero-order valence-corrected chi connectivity index (χ0v) is 56.1. The molecule has 4 aliphatic carbocycles. The first-order valence-corrected chi connectivity index (χ1v) is 31.5. The Morgan fingerprint density at radius 3 is 1.93 bits per heavy atom. The minimum absolute atomic E-state index is 0. The Kier molecular flexibility index (Phi) is 23.3. The van der Waals surface area contributed by atoms with E-state index in [1.807, 2.05) is 20.8 Å². The van der Waals surface area contributed by atoms with E-state index in [-0.39, 0.29) is 106 Å². The van der Waals surface area contributed by atoms with Crippen molar-refractivity contribution in [2.24, 2.45) is 45.3 Å². The van der Waals surface area contributed by atoms with Crippen molar-refractivity contribution in [3.63, 3.8) is 0 Å². The van der Waals surface area contributed by atoms with E-state index >= 15 is 0 Å². The molecule has 0 aromatic heterocycles. The van der Waals surface area contributed by atoms with Crippen molar-refractivity contribution in [2.75, 3.05) is 26.9 Å². The van der Waals surface area contributed by atoms with E-state index in [4.69, 9.17) is 47.4 Å². The molecule has 0 amide bonds. The first-order valence-electron chi connectivity index (χ1n) is 28.9. The number of carbonyl (C=O) groups is 2. The van der Waals surface area contributed by atoms with Crippen molar-refractivity contribution in [1.82, 2.24) is 0 Å². The molecule has 9 aliphatic rings. The molecule has 27 atom stereocenters. The van der Waals surface area contributed by atoms with Gasteiger partial charge in [0.2, 0.25) is 20.8 Å². The van der Waals surface area contributed by atoms with Crippen molar-refractivity contribution in [3.8, 4) is 0 Å². The SMILES string of the molecule is CO[C@@H]1[C@@H](O)[C@H](O[C@@H]2[C@@H](O)[C@H](O[C@H]3[C@H](O)[C@@H](O)[C@H](O[C@H]4[C@H](O[C@H]5CC[C@]6(C)[C@H]7CC[C@]89C(=O)O[C@@](C)(CC(=O)CC(C)C)[C@H]8CC[C@@]9(C)C7=CC[C@H]6C5(C)C)OC[C@@H](OS(=O)(=O)[O-])[C@@H]4O)O[C@@H]3C)O[C@H](COS(=O)(=O)[O-])[C@H]2O)O[C@H](CO)[C@H]1O.[Na+].[Na+]. The van der Waals surface area contributed by atoms with Crippen LogP contribution in [0.2, 0.25) is 0 Å². The predicted octanol–water partition coefficient (Wildman–Crippen LogP) is -7.15. The van der Waals surface area contributed by atoms with Gasteiger partial charge in [0.25, 0.3) is 0 Å². The molecule has 482 valence electrons. The normalized spacial score (nSPS) is 47.5. The molecule has 1 spiro atoms. The fourth-order valence-electron chi connectivity index (χ4n) is 16.5. The average Bonchev–Trinajstić information content (AvgIpc) is 1.44. The van der Waals surface area contributed by atoms with Crippen LogP contribution in [0.25, 0.3) is 0 Å². The Morgan fingerprint density at radius 1 is 0.709 bits per heavy atom. The zero-order valence-electron chi connectivity index (χ0n) is 50.5. The first-order chi connectivity index (χ1) is 39.0. The van der Waals surface area contributed by atoms with Crippen LogP contribution in [0, 0.1) is 45.3 Å². The molecule has 32 heteroatoms. The van der Waals surface area contributed by atoms with Crippen LogP contribution in [-0.2, 0) is 86.1 Å². The van der Waals surface area contributed by atoms with Crippen LogP contribution >= 0.6 is 0 Å². The maximum Gasteiger partial charge on any atom is 1.00 e. The predicted molar refractivity (Wildman–Crippen MR) is 278 cm³/mol. The van der Waals surface area contributed by atoms with Crippen molar-refractivity contribution >= 4 is 32.6 Å². The maximum absolute atomic E-state index is 14.4. The van der Waals surface area contributed by atoms with Crippen LogP contribution in [-0.4, -0.2) is 234 Å². The summed E-state index contributed by atoms with van der Waals surface area (Å²) in [6, 6.07) is 0. The molecule has 5 heterocycles. The van der Waals surface area contributed by atoms with Gasteiger partial charge in [-0.05, 0) is 87.4 Å². The van der Waals surface area contributed by atoms with E-state index in [0.29, 0.717) is 32.1 Å². The summed E-state index contributed by atoms with van der Waals surface area (Å²) in [7, 11) is -9.77. The Morgan fingerprint density at radius 2 is 1.31 bits per heavy atom. The van der Waals surface area contributed by atoms with Crippen molar-refractivity contribution in [2.45, 2.75) is 242 Å². The number of aliphatic hydroxyl groups is 8. The van der Waals surface area contributed by atoms with Gasteiger partial charge >= 0.3 is 65.1 Å². The van der Waals surface area contributed by atoms with E-state index < -0.39 is 185 Å². The summed E-state index contributed by atoms with van der Waals surface area (Å²) in [5, 5.41) is 89.4. The van der Waals surface area contributed by atoms with Gasteiger partial charge in [-0.15, -0.1) is 0 Å². The number of Topliss-reactive ketones (excluding diaryl/α,β-unsaturated/α-hetero) is 1. The average molecular weight is 1290 g/mol. The third kappa shape index (κ3) is 13.6. The molecule has 5 aliphatic heterocycles. The third-order valence-electron chi connectivity index (χ3n) is 20.5. The van der Waals surface area contributed by atoms with Crippen LogP contribution in [0.1, 0.15) is 113 Å². The molecule has 0 bridgehead atoms. The van der Waals surface area contributed by atoms with Crippen LogP contribution in [0.15, 0.2) is 11.6 Å². The molecule has 0 aromatic rings. The van der Waals surface area contributed by atoms with Crippen LogP contribution in [0.5, 0.6) is 0 Å². The Bertz CT molecular complexity index is 2660. The summed E-state index contributed by atoms with van der Waals surface area (Å²) in [4.78, 5) is 27.7. The van der Waals surface area contributed by atoms with Gasteiger partial charge in [0.1, 0.15) is 96.8 Å². The number of cyclic esters (lactones) is 1. The van der Waals surface area contributed by atoms with Crippen LogP contribution < -0.4 is 59.1 Å². The second kappa shape index (κ2) is 27.3. The van der Waals surface area contributed by atoms with Crippen molar-refractivity contribution in [3.05, 3.63) is 11.6 Å². The molecular weight excluding hydrogens is 1210 g/mol. The molecular formula is C54H84Na2O28S2. The molecule has 9 rings (SSSR count). The first kappa shape index (κ1) is 73.4. The van der Waals surface area contributed by atoms with E-state index in [9.17, 15) is 76.4 Å². The second-order valence-corrected chi connectivity index (χ2v) is 28.4. The van der Waals surface area contributed by atoms with Gasteiger partial charge in [-0.2, -0.15) is 0 Å². The maximum atomic E-state index is 14.4. The standard InChI is InChI=1S/C54H86O28S2.2Na/c1-23(2)18-25(56)19-53(8)32-13-16-52(7)27-10-11-31-50(4,5)33(14-15-51(31,6)26(27)12-17-54(32,52)49(64)81-53)77-48-44(36(59)30(21-72-48)82-84(68,69)70)80-45-38(61)37(60)41(24(3)74-45)78-47-40(63)43(35(58)29(76-47)22-73-83(65,66)67)79-46-39(62)42(71-9)34(57)28(20-55)75-46;;/h10,23-24,26,28-48,55,57-63H,11-22H2,1-9H3,(H,65,66,67)(H,68,69,70);;/q;2*+1/p-2/t24-,26+,28-,29-,30-,31+,32-,33+,34-,35-,36+,37-,38-,39-,40-,41-,42+,43+,44-,45+,46+,47+,48+,51-,52+,53+,54-;;/m1../s1. The Labute approximate surface area is 545 Å². The zero-order chi connectivity index (χ0) is 61.8. The number of aliphatic hydroxyl groups excluding tert-OH is 8. The van der Waals surface area contributed by atoms with Crippen molar-refractivity contribution < 1.29 is 191 Å². The second-order valence-electron chi connectivity index (χ2n) is 26.3.